The highest BCUT2D eigenvalue weighted by Gasteiger charge is 2.30. The van der Waals surface area contributed by atoms with Gasteiger partial charge in [0.25, 0.3) is 0 Å². The van der Waals surface area contributed by atoms with E-state index in [0.29, 0.717) is 23.1 Å². The zero-order valence-electron chi connectivity index (χ0n) is 23.2. The molecular weight excluding hydrogens is 550 g/mol. The Morgan fingerprint density at radius 2 is 1.60 bits per heavy atom. The Balaban J connectivity index is 1.82. The Morgan fingerprint density at radius 3 is 2.20 bits per heavy atom. The molecule has 0 aromatic heterocycles. The number of nitrogens with one attached hydrogen (secondary N) is 1. The molecule has 8 nitrogen and oxygen atoms in total. The summed E-state index contributed by atoms with van der Waals surface area (Å²) in [4.78, 5) is 28.0. The van der Waals surface area contributed by atoms with Gasteiger partial charge in [-0.05, 0) is 67.8 Å². The van der Waals surface area contributed by atoms with Crippen molar-refractivity contribution >= 4 is 39.1 Å². The van der Waals surface area contributed by atoms with E-state index < -0.39 is 28.5 Å². The summed E-state index contributed by atoms with van der Waals surface area (Å²) < 4.78 is 32.4. The van der Waals surface area contributed by atoms with Crippen molar-refractivity contribution in [2.24, 2.45) is 0 Å². The molecule has 0 saturated carbocycles. The number of carbonyl (C=O) groups is 2. The quantitative estimate of drug-likeness (QED) is 0.304. The van der Waals surface area contributed by atoms with Crippen LogP contribution >= 0.6 is 11.6 Å². The van der Waals surface area contributed by atoms with E-state index in [9.17, 15) is 18.0 Å². The highest BCUT2D eigenvalue weighted by molar-refractivity contribution is 7.92. The van der Waals surface area contributed by atoms with Gasteiger partial charge in [-0.1, -0.05) is 61.0 Å². The normalized spacial score (nSPS) is 12.7. The summed E-state index contributed by atoms with van der Waals surface area (Å²) in [6.07, 6.45) is 1.77. The van der Waals surface area contributed by atoms with Gasteiger partial charge < -0.3 is 15.0 Å². The van der Waals surface area contributed by atoms with Crippen molar-refractivity contribution in [3.8, 4) is 5.75 Å². The van der Waals surface area contributed by atoms with Crippen LogP contribution in [0.25, 0.3) is 0 Å². The zero-order valence-corrected chi connectivity index (χ0v) is 24.8. The molecule has 0 fully saturated rings. The average Bonchev–Trinajstić information content (AvgIpc) is 2.93. The lowest BCUT2D eigenvalue weighted by Crippen LogP contribution is -2.52. The smallest absolute Gasteiger partial charge is 0.244 e. The predicted octanol–water partition coefficient (Wildman–Crippen LogP) is 5.02. The maximum absolute atomic E-state index is 13.7. The number of halogens is 1. The van der Waals surface area contributed by atoms with Crippen molar-refractivity contribution in [1.29, 1.82) is 0 Å². The first-order chi connectivity index (χ1) is 19.0. The van der Waals surface area contributed by atoms with Crippen LogP contribution in [0, 0.1) is 0 Å². The number of ether oxygens (including phenoxy) is 1. The van der Waals surface area contributed by atoms with Gasteiger partial charge in [0, 0.05) is 17.6 Å². The number of benzene rings is 3. The van der Waals surface area contributed by atoms with Crippen molar-refractivity contribution in [2.75, 3.05) is 17.1 Å². The van der Waals surface area contributed by atoms with Gasteiger partial charge >= 0.3 is 0 Å². The van der Waals surface area contributed by atoms with Gasteiger partial charge in [0.1, 0.15) is 24.9 Å². The van der Waals surface area contributed by atoms with Crippen molar-refractivity contribution in [2.45, 2.75) is 52.4 Å². The molecule has 10 heteroatoms. The molecule has 3 aromatic rings. The number of anilines is 1. The highest BCUT2D eigenvalue weighted by atomic mass is 35.5. The van der Waals surface area contributed by atoms with Crippen molar-refractivity contribution in [1.82, 2.24) is 10.2 Å². The molecule has 0 spiro atoms. The summed E-state index contributed by atoms with van der Waals surface area (Å²) in [6, 6.07) is 22.2. The molecule has 1 N–H and O–H groups in total. The summed E-state index contributed by atoms with van der Waals surface area (Å²) >= 11 is 6.15. The number of hydrogen-bond acceptors (Lipinski definition) is 5. The molecule has 0 saturated heterocycles. The Labute approximate surface area is 241 Å². The van der Waals surface area contributed by atoms with E-state index in [-0.39, 0.29) is 18.5 Å². The van der Waals surface area contributed by atoms with E-state index in [1.54, 1.807) is 55.5 Å². The third-order valence-electron chi connectivity index (χ3n) is 6.46. The Bertz CT molecular complexity index is 1380. The average molecular weight is 586 g/mol. The number of rotatable bonds is 13. The minimum absolute atomic E-state index is 0.0757. The van der Waals surface area contributed by atoms with E-state index in [0.717, 1.165) is 28.1 Å². The summed E-state index contributed by atoms with van der Waals surface area (Å²) in [5, 5.41) is 3.40. The zero-order chi connectivity index (χ0) is 29.3. The van der Waals surface area contributed by atoms with E-state index in [1.807, 2.05) is 44.2 Å². The lowest BCUT2D eigenvalue weighted by Gasteiger charge is -2.32. The minimum atomic E-state index is -3.84. The summed E-state index contributed by atoms with van der Waals surface area (Å²) in [6.45, 7) is 5.43. The molecule has 40 heavy (non-hydrogen) atoms. The number of amides is 2. The molecule has 3 rings (SSSR count). The van der Waals surface area contributed by atoms with Gasteiger partial charge in [-0.25, -0.2) is 8.42 Å². The lowest BCUT2D eigenvalue weighted by molar-refractivity contribution is -0.139. The first kappa shape index (κ1) is 31.0. The lowest BCUT2D eigenvalue weighted by atomic mass is 10.1. The molecule has 0 aliphatic heterocycles. The number of carbonyl (C=O) groups excluding carboxylic acids is 2. The molecule has 0 heterocycles. The molecule has 214 valence electrons. The van der Waals surface area contributed by atoms with Crippen LogP contribution in [0.4, 0.5) is 5.69 Å². The molecule has 3 aromatic carbocycles. The third-order valence-corrected chi connectivity index (χ3v) is 7.84. The van der Waals surface area contributed by atoms with Crippen LogP contribution in [0.1, 0.15) is 38.3 Å². The van der Waals surface area contributed by atoms with Gasteiger partial charge in [-0.15, -0.1) is 0 Å². The van der Waals surface area contributed by atoms with E-state index in [4.69, 9.17) is 16.3 Å². The largest absolute Gasteiger partial charge is 0.489 e. The van der Waals surface area contributed by atoms with Gasteiger partial charge in [-0.3, -0.25) is 13.9 Å². The van der Waals surface area contributed by atoms with Crippen LogP contribution in [0.3, 0.4) is 0 Å². The van der Waals surface area contributed by atoms with E-state index in [1.165, 1.54) is 4.90 Å². The second-order valence-corrected chi connectivity index (χ2v) is 12.0. The summed E-state index contributed by atoms with van der Waals surface area (Å²) in [5.41, 5.74) is 2.03. The maximum Gasteiger partial charge on any atom is 0.244 e. The minimum Gasteiger partial charge on any atom is -0.489 e. The third kappa shape index (κ3) is 8.99. The molecule has 0 aliphatic rings. The maximum atomic E-state index is 13.7. The standard InChI is InChI=1S/C30H36ClN3O5S/c1-5-22(2)32-30(36)23(3)33(19-25-12-9-13-26(31)18-25)29(35)20-34(40(4,37)38)27-14-16-28(17-15-27)39-21-24-10-7-6-8-11-24/h6-18,22-23H,5,19-21H2,1-4H3,(H,32,36). The molecule has 0 bridgehead atoms. The van der Waals surface area contributed by atoms with Gasteiger partial charge in [0.2, 0.25) is 21.8 Å². The SMILES string of the molecule is CCC(C)NC(=O)C(C)N(Cc1cccc(Cl)c1)C(=O)CN(c1ccc(OCc2ccccc2)cc1)S(C)(=O)=O. The van der Waals surface area contributed by atoms with E-state index in [2.05, 4.69) is 5.32 Å². The number of nitrogens with zero attached hydrogens (tertiary/aromatic N) is 2. The summed E-state index contributed by atoms with van der Waals surface area (Å²) in [5.74, 6) is -0.289. The van der Waals surface area contributed by atoms with Crippen LogP contribution < -0.4 is 14.4 Å². The van der Waals surface area contributed by atoms with Crippen LogP contribution in [-0.2, 0) is 32.8 Å². The molecule has 2 unspecified atom stereocenters. The van der Waals surface area contributed by atoms with Gasteiger partial charge in [0.15, 0.2) is 0 Å². The Hall–Kier alpha value is -3.56. The first-order valence-electron chi connectivity index (χ1n) is 13.1. The van der Waals surface area contributed by atoms with Gasteiger partial charge in [0.05, 0.1) is 11.9 Å². The van der Waals surface area contributed by atoms with Crippen LogP contribution in [0.15, 0.2) is 78.9 Å². The fourth-order valence-electron chi connectivity index (χ4n) is 3.94. The first-order valence-corrected chi connectivity index (χ1v) is 15.3. The Kier molecular flexibility index (Phi) is 11.0. The number of hydrogen-bond donors (Lipinski definition) is 1. The molecular formula is C30H36ClN3O5S. The van der Waals surface area contributed by atoms with Crippen molar-refractivity contribution in [3.05, 3.63) is 95.0 Å². The highest BCUT2D eigenvalue weighted by Crippen LogP contribution is 2.23. The fourth-order valence-corrected chi connectivity index (χ4v) is 5.01. The van der Waals surface area contributed by atoms with Crippen LogP contribution in [0.2, 0.25) is 5.02 Å². The van der Waals surface area contributed by atoms with E-state index >= 15 is 0 Å². The van der Waals surface area contributed by atoms with Crippen LogP contribution in [0.5, 0.6) is 5.75 Å². The topological polar surface area (TPSA) is 96.0 Å². The second kappa shape index (κ2) is 14.2. The van der Waals surface area contributed by atoms with Gasteiger partial charge in [-0.2, -0.15) is 0 Å². The second-order valence-electron chi connectivity index (χ2n) is 9.68. The van der Waals surface area contributed by atoms with Crippen molar-refractivity contribution in [3.63, 3.8) is 0 Å². The van der Waals surface area contributed by atoms with Crippen molar-refractivity contribution < 1.29 is 22.7 Å². The fraction of sp³-hybridized carbons (Fsp3) is 0.333. The Morgan fingerprint density at radius 1 is 0.950 bits per heavy atom. The molecule has 0 radical (unpaired) electrons. The predicted molar refractivity (Wildman–Crippen MR) is 159 cm³/mol. The number of sulfonamides is 1. The molecule has 2 amide bonds. The van der Waals surface area contributed by atoms with Crippen LogP contribution in [-0.4, -0.2) is 50.0 Å². The molecule has 2 atom stereocenters. The molecule has 0 aliphatic carbocycles. The monoisotopic (exact) mass is 585 g/mol. The summed E-state index contributed by atoms with van der Waals surface area (Å²) in [7, 11) is -3.84.